The van der Waals surface area contributed by atoms with Gasteiger partial charge in [-0.05, 0) is 17.9 Å². The van der Waals surface area contributed by atoms with Gasteiger partial charge in [0.05, 0.1) is 5.69 Å². The summed E-state index contributed by atoms with van der Waals surface area (Å²) in [5, 5.41) is 0. The number of carbonyl (C=O) groups excluding carboxylic acids is 1. The fourth-order valence-electron chi connectivity index (χ4n) is 1.99. The van der Waals surface area contributed by atoms with Crippen LogP contribution < -0.4 is 5.73 Å². The lowest BCUT2D eigenvalue weighted by Gasteiger charge is -2.19. The van der Waals surface area contributed by atoms with Gasteiger partial charge in [-0.1, -0.05) is 45.0 Å². The minimum atomic E-state index is -0.541. The number of nitrogens with one attached hydrogen (secondary N) is 1. The fourth-order valence-corrected chi connectivity index (χ4v) is 1.99. The summed E-state index contributed by atoms with van der Waals surface area (Å²) in [6.07, 6.45) is 0. The third-order valence-corrected chi connectivity index (χ3v) is 3.14. The van der Waals surface area contributed by atoms with Crippen LogP contribution in [0.25, 0.3) is 11.3 Å². The number of aryl methyl sites for hydroxylation is 1. The van der Waals surface area contributed by atoms with E-state index in [4.69, 9.17) is 5.73 Å². The van der Waals surface area contributed by atoms with Crippen molar-refractivity contribution in [1.82, 2.24) is 9.97 Å². The predicted molar refractivity (Wildman–Crippen MR) is 76.0 cm³/mol. The van der Waals surface area contributed by atoms with E-state index in [0.29, 0.717) is 0 Å². The SMILES string of the molecule is Cc1[nH]c(C(N)=O)nc1-c1ccc(C(C)(C)C)cc1. The number of carbonyl (C=O) groups is 1. The second-order valence-electron chi connectivity index (χ2n) is 5.75. The first-order valence-electron chi connectivity index (χ1n) is 6.26. The normalized spacial score (nSPS) is 11.6. The molecular formula is C15H19N3O. The van der Waals surface area contributed by atoms with Gasteiger partial charge in [0, 0.05) is 11.3 Å². The molecule has 0 spiro atoms. The molecule has 2 aromatic rings. The highest BCUT2D eigenvalue weighted by atomic mass is 16.1. The molecule has 1 aromatic heterocycles. The number of H-pyrrole nitrogens is 1. The number of hydrogen-bond donors (Lipinski definition) is 2. The maximum absolute atomic E-state index is 11.1. The number of nitrogens with two attached hydrogens (primary N) is 1. The van der Waals surface area contributed by atoms with Crippen LogP contribution in [0.1, 0.15) is 42.6 Å². The van der Waals surface area contributed by atoms with Crippen LogP contribution in [0.4, 0.5) is 0 Å². The van der Waals surface area contributed by atoms with Crippen LogP contribution >= 0.6 is 0 Å². The Morgan fingerprint density at radius 1 is 1.21 bits per heavy atom. The van der Waals surface area contributed by atoms with E-state index in [1.165, 1.54) is 5.56 Å². The number of amides is 1. The summed E-state index contributed by atoms with van der Waals surface area (Å²) < 4.78 is 0. The summed E-state index contributed by atoms with van der Waals surface area (Å²) in [5.41, 5.74) is 9.21. The average molecular weight is 257 g/mol. The van der Waals surface area contributed by atoms with Gasteiger partial charge >= 0.3 is 0 Å². The van der Waals surface area contributed by atoms with Crippen LogP contribution in [0.3, 0.4) is 0 Å². The van der Waals surface area contributed by atoms with Gasteiger partial charge in [0.15, 0.2) is 5.82 Å². The highest BCUT2D eigenvalue weighted by Crippen LogP contribution is 2.26. The summed E-state index contributed by atoms with van der Waals surface area (Å²) in [6.45, 7) is 8.40. The first kappa shape index (κ1) is 13.3. The second kappa shape index (κ2) is 4.53. The molecule has 0 unspecified atom stereocenters. The van der Waals surface area contributed by atoms with Crippen molar-refractivity contribution in [3.8, 4) is 11.3 Å². The van der Waals surface area contributed by atoms with Gasteiger partial charge in [-0.15, -0.1) is 0 Å². The molecule has 0 radical (unpaired) electrons. The summed E-state index contributed by atoms with van der Waals surface area (Å²) in [5.74, 6) is -0.340. The first-order chi connectivity index (χ1) is 8.79. The standard InChI is InChI=1S/C15H19N3O/c1-9-12(18-14(17-9)13(16)19)10-5-7-11(8-6-10)15(2,3)4/h5-8H,1-4H3,(H2,16,19)(H,17,18). The predicted octanol–water partition coefficient (Wildman–Crippen LogP) is 2.78. The Bertz CT molecular complexity index is 603. The second-order valence-corrected chi connectivity index (χ2v) is 5.75. The lowest BCUT2D eigenvalue weighted by molar-refractivity contribution is 0.0991. The number of hydrogen-bond acceptors (Lipinski definition) is 2. The zero-order valence-corrected chi connectivity index (χ0v) is 11.7. The summed E-state index contributed by atoms with van der Waals surface area (Å²) >= 11 is 0. The fraction of sp³-hybridized carbons (Fsp3) is 0.333. The molecule has 4 heteroatoms. The van der Waals surface area contributed by atoms with Gasteiger partial charge in [-0.3, -0.25) is 4.79 Å². The molecule has 100 valence electrons. The van der Waals surface area contributed by atoms with E-state index < -0.39 is 5.91 Å². The lowest BCUT2D eigenvalue weighted by Crippen LogP contribution is -2.12. The average Bonchev–Trinajstić information content (AvgIpc) is 2.70. The molecule has 4 nitrogen and oxygen atoms in total. The lowest BCUT2D eigenvalue weighted by atomic mass is 9.86. The van der Waals surface area contributed by atoms with Crippen LogP contribution in [0.15, 0.2) is 24.3 Å². The molecule has 0 aliphatic carbocycles. The van der Waals surface area contributed by atoms with Crippen LogP contribution in [-0.2, 0) is 5.41 Å². The minimum absolute atomic E-state index is 0.123. The molecule has 0 bridgehead atoms. The molecule has 0 aliphatic heterocycles. The third-order valence-electron chi connectivity index (χ3n) is 3.14. The van der Waals surface area contributed by atoms with Crippen molar-refractivity contribution < 1.29 is 4.79 Å². The van der Waals surface area contributed by atoms with Gasteiger partial charge in [0.1, 0.15) is 0 Å². The summed E-state index contributed by atoms with van der Waals surface area (Å²) in [6, 6.07) is 8.23. The van der Waals surface area contributed by atoms with Crippen molar-refractivity contribution in [2.45, 2.75) is 33.1 Å². The maximum Gasteiger partial charge on any atom is 0.284 e. The van der Waals surface area contributed by atoms with Gasteiger partial charge in [-0.25, -0.2) is 4.98 Å². The number of rotatable bonds is 2. The molecule has 2 rings (SSSR count). The zero-order chi connectivity index (χ0) is 14.2. The van der Waals surface area contributed by atoms with Crippen molar-refractivity contribution in [1.29, 1.82) is 0 Å². The van der Waals surface area contributed by atoms with E-state index in [0.717, 1.165) is 17.0 Å². The Labute approximate surface area is 113 Å². The molecule has 0 fully saturated rings. The molecule has 1 amide bonds. The number of aromatic amines is 1. The molecule has 0 saturated carbocycles. The monoisotopic (exact) mass is 257 g/mol. The van der Waals surface area contributed by atoms with Crippen LogP contribution in [0.2, 0.25) is 0 Å². The molecule has 1 heterocycles. The largest absolute Gasteiger partial charge is 0.363 e. The molecule has 0 aliphatic rings. The molecule has 3 N–H and O–H groups in total. The molecule has 1 aromatic carbocycles. The molecular weight excluding hydrogens is 238 g/mol. The number of benzene rings is 1. The quantitative estimate of drug-likeness (QED) is 0.868. The molecule has 0 atom stereocenters. The van der Waals surface area contributed by atoms with Crippen molar-refractivity contribution >= 4 is 5.91 Å². The minimum Gasteiger partial charge on any atom is -0.363 e. The van der Waals surface area contributed by atoms with Crippen LogP contribution in [-0.4, -0.2) is 15.9 Å². The van der Waals surface area contributed by atoms with Crippen molar-refractivity contribution in [3.63, 3.8) is 0 Å². The van der Waals surface area contributed by atoms with E-state index in [1.54, 1.807) is 0 Å². The van der Waals surface area contributed by atoms with E-state index in [-0.39, 0.29) is 11.2 Å². The topological polar surface area (TPSA) is 71.8 Å². The van der Waals surface area contributed by atoms with Crippen LogP contribution in [0, 0.1) is 6.92 Å². The summed E-state index contributed by atoms with van der Waals surface area (Å²) in [7, 11) is 0. The van der Waals surface area contributed by atoms with Gasteiger partial charge in [0.25, 0.3) is 5.91 Å². The smallest absolute Gasteiger partial charge is 0.284 e. The first-order valence-corrected chi connectivity index (χ1v) is 6.26. The van der Waals surface area contributed by atoms with Crippen LogP contribution in [0.5, 0.6) is 0 Å². The Kier molecular flexibility index (Phi) is 3.18. The van der Waals surface area contributed by atoms with Gasteiger partial charge in [-0.2, -0.15) is 0 Å². The van der Waals surface area contributed by atoms with E-state index in [2.05, 4.69) is 42.9 Å². The van der Waals surface area contributed by atoms with Gasteiger partial charge in [0.2, 0.25) is 0 Å². The third kappa shape index (κ3) is 2.67. The van der Waals surface area contributed by atoms with E-state index >= 15 is 0 Å². The van der Waals surface area contributed by atoms with Crippen molar-refractivity contribution in [3.05, 3.63) is 41.3 Å². The Balaban J connectivity index is 2.40. The number of nitrogens with zero attached hydrogens (tertiary/aromatic N) is 1. The highest BCUT2D eigenvalue weighted by molar-refractivity contribution is 5.90. The maximum atomic E-state index is 11.1. The highest BCUT2D eigenvalue weighted by Gasteiger charge is 2.15. The summed E-state index contributed by atoms with van der Waals surface area (Å²) in [4.78, 5) is 18.3. The Hall–Kier alpha value is -2.10. The van der Waals surface area contributed by atoms with E-state index in [1.807, 2.05) is 19.1 Å². The Morgan fingerprint density at radius 2 is 1.79 bits per heavy atom. The number of aromatic nitrogens is 2. The van der Waals surface area contributed by atoms with E-state index in [9.17, 15) is 4.79 Å². The Morgan fingerprint density at radius 3 is 2.21 bits per heavy atom. The van der Waals surface area contributed by atoms with Crippen molar-refractivity contribution in [2.24, 2.45) is 5.73 Å². The van der Waals surface area contributed by atoms with Crippen molar-refractivity contribution in [2.75, 3.05) is 0 Å². The van der Waals surface area contributed by atoms with Gasteiger partial charge < -0.3 is 10.7 Å². The number of primary amides is 1. The molecule has 0 saturated heterocycles. The number of imidazole rings is 1. The molecule has 19 heavy (non-hydrogen) atoms. The zero-order valence-electron chi connectivity index (χ0n) is 11.7.